The molecule has 0 radical (unpaired) electrons. The molecule has 1 aliphatic carbocycles. The van der Waals surface area contributed by atoms with Crippen molar-refractivity contribution >= 4 is 11.8 Å². The van der Waals surface area contributed by atoms with Crippen molar-refractivity contribution in [3.05, 3.63) is 35.4 Å². The molecule has 3 N–H and O–H groups in total. The third kappa shape index (κ3) is 2.78. The first-order valence-corrected chi connectivity index (χ1v) is 7.49. The van der Waals surface area contributed by atoms with E-state index in [-0.39, 0.29) is 23.8 Å². The number of primary amides is 1. The molecule has 0 aromatic heterocycles. The van der Waals surface area contributed by atoms with Crippen molar-refractivity contribution < 1.29 is 9.59 Å². The van der Waals surface area contributed by atoms with E-state index in [9.17, 15) is 9.59 Å². The number of carbonyl (C=O) groups excluding carboxylic acids is 2. The van der Waals surface area contributed by atoms with Crippen LogP contribution in [0.1, 0.15) is 35.2 Å². The van der Waals surface area contributed by atoms with E-state index in [0.717, 1.165) is 31.6 Å². The van der Waals surface area contributed by atoms with Gasteiger partial charge in [-0.1, -0.05) is 12.1 Å². The molecule has 1 saturated carbocycles. The highest BCUT2D eigenvalue weighted by Gasteiger charge is 2.46. The minimum atomic E-state index is -0.420. The summed E-state index contributed by atoms with van der Waals surface area (Å²) in [6, 6.07) is 7.60. The average molecular weight is 287 g/mol. The molecular formula is C16H21N3O2. The molecule has 1 aromatic carbocycles. The first-order chi connectivity index (χ1) is 10.1. The van der Waals surface area contributed by atoms with Gasteiger partial charge in [-0.2, -0.15) is 0 Å². The molecule has 1 saturated heterocycles. The van der Waals surface area contributed by atoms with Crippen LogP contribution in [0.25, 0.3) is 0 Å². The fourth-order valence-electron chi connectivity index (χ4n) is 3.14. The largest absolute Gasteiger partial charge is 0.366 e. The maximum atomic E-state index is 12.6. The highest BCUT2D eigenvalue weighted by molar-refractivity contribution is 5.93. The Labute approximate surface area is 124 Å². The fourth-order valence-corrected chi connectivity index (χ4v) is 3.14. The second-order valence-electron chi connectivity index (χ2n) is 6.02. The van der Waals surface area contributed by atoms with Crippen molar-refractivity contribution in [2.75, 3.05) is 19.6 Å². The maximum absolute atomic E-state index is 12.6. The van der Waals surface area contributed by atoms with Crippen LogP contribution in [0.3, 0.4) is 0 Å². The van der Waals surface area contributed by atoms with Gasteiger partial charge < -0.3 is 16.0 Å². The van der Waals surface area contributed by atoms with E-state index in [2.05, 4.69) is 12.2 Å². The zero-order valence-corrected chi connectivity index (χ0v) is 12.2. The Morgan fingerprint density at radius 1 is 1.38 bits per heavy atom. The number of nitrogens with zero attached hydrogens (tertiary/aromatic N) is 1. The van der Waals surface area contributed by atoms with Gasteiger partial charge in [0.05, 0.1) is 0 Å². The third-order valence-corrected chi connectivity index (χ3v) is 4.49. The van der Waals surface area contributed by atoms with Gasteiger partial charge in [-0.15, -0.1) is 0 Å². The van der Waals surface area contributed by atoms with Crippen LogP contribution < -0.4 is 11.1 Å². The van der Waals surface area contributed by atoms with E-state index in [0.29, 0.717) is 5.56 Å². The van der Waals surface area contributed by atoms with Crippen molar-refractivity contribution in [1.29, 1.82) is 0 Å². The van der Waals surface area contributed by atoms with Crippen LogP contribution in [0.4, 0.5) is 0 Å². The Hall–Kier alpha value is -1.88. The summed E-state index contributed by atoms with van der Waals surface area (Å²) in [5.41, 5.74) is 6.88. The smallest absolute Gasteiger partial charge is 0.248 e. The number of nitrogens with two attached hydrogens (primary N) is 1. The minimum Gasteiger partial charge on any atom is -0.366 e. The normalized spacial score (nSPS) is 28.2. The first kappa shape index (κ1) is 14.1. The van der Waals surface area contributed by atoms with Gasteiger partial charge >= 0.3 is 0 Å². The molecule has 112 valence electrons. The molecule has 0 bridgehead atoms. The maximum Gasteiger partial charge on any atom is 0.248 e. The molecular weight excluding hydrogens is 266 g/mol. The highest BCUT2D eigenvalue weighted by atomic mass is 16.2. The van der Waals surface area contributed by atoms with Gasteiger partial charge in [0.15, 0.2) is 0 Å². The van der Waals surface area contributed by atoms with Gasteiger partial charge in [-0.25, -0.2) is 0 Å². The fraction of sp³-hybridized carbons (Fsp3) is 0.500. The van der Waals surface area contributed by atoms with Gasteiger partial charge in [0.25, 0.3) is 0 Å². The first-order valence-electron chi connectivity index (χ1n) is 7.49. The standard InChI is InChI=1S/C16H21N3O2/c1-10-9-18-5-6-19(10)16(21)14-8-13(14)11-3-2-4-12(7-11)15(17)20/h2-4,7,10,13-14,18H,5-6,8-9H2,1H3,(H2,17,20). The number of amides is 2. The highest BCUT2D eigenvalue weighted by Crippen LogP contribution is 2.48. The minimum absolute atomic E-state index is 0.0636. The number of nitrogens with one attached hydrogen (secondary N) is 1. The van der Waals surface area contributed by atoms with Crippen LogP contribution in [0.5, 0.6) is 0 Å². The van der Waals surface area contributed by atoms with Crippen molar-refractivity contribution in [3.63, 3.8) is 0 Å². The SMILES string of the molecule is CC1CNCCN1C(=O)C1CC1c1cccc(C(N)=O)c1. The van der Waals surface area contributed by atoms with Gasteiger partial charge in [0.1, 0.15) is 0 Å². The number of carbonyl (C=O) groups is 2. The summed E-state index contributed by atoms with van der Waals surface area (Å²) in [6.07, 6.45) is 0.873. The lowest BCUT2D eigenvalue weighted by molar-refractivity contribution is -0.135. The van der Waals surface area contributed by atoms with Crippen LogP contribution in [0.15, 0.2) is 24.3 Å². The summed E-state index contributed by atoms with van der Waals surface area (Å²) < 4.78 is 0. The molecule has 1 heterocycles. The van der Waals surface area contributed by atoms with Crippen LogP contribution in [0, 0.1) is 5.92 Å². The predicted octanol–water partition coefficient (Wildman–Crippen LogP) is 0.709. The van der Waals surface area contributed by atoms with Crippen molar-refractivity contribution in [2.45, 2.75) is 25.3 Å². The third-order valence-electron chi connectivity index (χ3n) is 4.49. The lowest BCUT2D eigenvalue weighted by atomic mass is 10.0. The van der Waals surface area contributed by atoms with Gasteiger partial charge in [-0.05, 0) is 37.0 Å². The number of piperazine rings is 1. The van der Waals surface area contributed by atoms with E-state index >= 15 is 0 Å². The van der Waals surface area contributed by atoms with E-state index in [1.165, 1.54) is 0 Å². The molecule has 0 spiro atoms. The molecule has 2 amide bonds. The molecule has 5 heteroatoms. The van der Waals surface area contributed by atoms with Crippen molar-refractivity contribution in [3.8, 4) is 0 Å². The summed E-state index contributed by atoms with van der Waals surface area (Å²) >= 11 is 0. The van der Waals surface area contributed by atoms with Crippen LogP contribution >= 0.6 is 0 Å². The Balaban J connectivity index is 1.69. The zero-order chi connectivity index (χ0) is 15.0. The Morgan fingerprint density at radius 2 is 2.19 bits per heavy atom. The summed E-state index contributed by atoms with van der Waals surface area (Å²) in [7, 11) is 0. The molecule has 1 aliphatic heterocycles. The van der Waals surface area contributed by atoms with E-state index < -0.39 is 5.91 Å². The van der Waals surface area contributed by atoms with Crippen molar-refractivity contribution in [2.24, 2.45) is 11.7 Å². The summed E-state index contributed by atoms with van der Waals surface area (Å²) in [5, 5.41) is 3.30. The van der Waals surface area contributed by atoms with E-state index in [1.54, 1.807) is 6.07 Å². The zero-order valence-electron chi connectivity index (χ0n) is 12.2. The molecule has 3 unspecified atom stereocenters. The van der Waals surface area contributed by atoms with Crippen LogP contribution in [-0.2, 0) is 4.79 Å². The summed E-state index contributed by atoms with van der Waals surface area (Å²) in [4.78, 5) is 25.8. The second kappa shape index (κ2) is 5.48. The molecule has 2 aliphatic rings. The lowest BCUT2D eigenvalue weighted by Crippen LogP contribution is -2.52. The monoisotopic (exact) mass is 287 g/mol. The summed E-state index contributed by atoms with van der Waals surface area (Å²) in [5.74, 6) is 0.127. The van der Waals surface area contributed by atoms with Gasteiger partial charge in [0.2, 0.25) is 11.8 Å². The Kier molecular flexibility index (Phi) is 3.68. The van der Waals surface area contributed by atoms with E-state index in [4.69, 9.17) is 5.73 Å². The molecule has 2 fully saturated rings. The predicted molar refractivity (Wildman–Crippen MR) is 79.9 cm³/mol. The number of rotatable bonds is 3. The lowest BCUT2D eigenvalue weighted by Gasteiger charge is -2.34. The number of hydrogen-bond donors (Lipinski definition) is 2. The molecule has 3 atom stereocenters. The Morgan fingerprint density at radius 3 is 2.90 bits per heavy atom. The second-order valence-corrected chi connectivity index (χ2v) is 6.02. The van der Waals surface area contributed by atoms with Gasteiger partial charge in [-0.3, -0.25) is 9.59 Å². The molecule has 3 rings (SSSR count). The van der Waals surface area contributed by atoms with Gasteiger partial charge in [0, 0.05) is 37.2 Å². The van der Waals surface area contributed by atoms with E-state index in [1.807, 2.05) is 23.1 Å². The molecule has 1 aromatic rings. The van der Waals surface area contributed by atoms with Crippen LogP contribution in [0.2, 0.25) is 0 Å². The topological polar surface area (TPSA) is 75.4 Å². The molecule has 21 heavy (non-hydrogen) atoms. The van der Waals surface area contributed by atoms with Crippen LogP contribution in [-0.4, -0.2) is 42.4 Å². The average Bonchev–Trinajstić information content (AvgIpc) is 3.28. The Bertz CT molecular complexity index is 572. The summed E-state index contributed by atoms with van der Waals surface area (Å²) in [6.45, 7) is 4.59. The number of benzene rings is 1. The number of hydrogen-bond acceptors (Lipinski definition) is 3. The quantitative estimate of drug-likeness (QED) is 0.859. The molecule has 5 nitrogen and oxygen atoms in total. The van der Waals surface area contributed by atoms with Crippen molar-refractivity contribution in [1.82, 2.24) is 10.2 Å².